The molecular formula is C12H10ClF3N6OS. The Morgan fingerprint density at radius 3 is 2.42 bits per heavy atom. The van der Waals surface area contributed by atoms with Gasteiger partial charge in [-0.3, -0.25) is 4.79 Å². The summed E-state index contributed by atoms with van der Waals surface area (Å²) in [7, 11) is 0. The van der Waals surface area contributed by atoms with Crippen LogP contribution in [0.4, 0.5) is 30.6 Å². The Balaban J connectivity index is 1.99. The van der Waals surface area contributed by atoms with E-state index >= 15 is 0 Å². The maximum absolute atomic E-state index is 12.5. The molecule has 0 aliphatic carbocycles. The highest BCUT2D eigenvalue weighted by molar-refractivity contribution is 7.99. The summed E-state index contributed by atoms with van der Waals surface area (Å²) < 4.78 is 37.5. The highest BCUT2D eigenvalue weighted by Gasteiger charge is 2.31. The number of nitrogens with one attached hydrogen (secondary N) is 1. The minimum atomic E-state index is -4.57. The van der Waals surface area contributed by atoms with Gasteiger partial charge >= 0.3 is 6.18 Å². The summed E-state index contributed by atoms with van der Waals surface area (Å²) in [5.74, 6) is -0.570. The van der Waals surface area contributed by atoms with E-state index in [0.717, 1.165) is 11.8 Å². The average molecular weight is 379 g/mol. The number of nitrogens with zero attached hydrogens (tertiary/aromatic N) is 3. The molecule has 0 atom stereocenters. The first kappa shape index (κ1) is 18.1. The van der Waals surface area contributed by atoms with Crippen molar-refractivity contribution in [1.29, 1.82) is 0 Å². The van der Waals surface area contributed by atoms with E-state index in [1.807, 2.05) is 0 Å². The normalized spacial score (nSPS) is 11.3. The number of hydrogen-bond donors (Lipinski definition) is 3. The molecule has 24 heavy (non-hydrogen) atoms. The zero-order valence-electron chi connectivity index (χ0n) is 11.8. The molecule has 0 radical (unpaired) electrons. The summed E-state index contributed by atoms with van der Waals surface area (Å²) in [5, 5.41) is 2.16. The Morgan fingerprint density at radius 1 is 1.25 bits per heavy atom. The van der Waals surface area contributed by atoms with Crippen molar-refractivity contribution in [2.24, 2.45) is 0 Å². The van der Waals surface area contributed by atoms with Gasteiger partial charge in [0, 0.05) is 12.3 Å². The fourth-order valence-electron chi connectivity index (χ4n) is 1.51. The maximum Gasteiger partial charge on any atom is 0.417 e. The van der Waals surface area contributed by atoms with Crippen LogP contribution in [0, 0.1) is 0 Å². The van der Waals surface area contributed by atoms with Crippen molar-refractivity contribution in [3.63, 3.8) is 0 Å². The van der Waals surface area contributed by atoms with Gasteiger partial charge in [0.05, 0.1) is 16.3 Å². The van der Waals surface area contributed by atoms with Crippen molar-refractivity contribution in [1.82, 2.24) is 15.0 Å². The Bertz CT molecular complexity index is 753. The number of alkyl halides is 3. The third-order valence-corrected chi connectivity index (χ3v) is 3.64. The largest absolute Gasteiger partial charge is 0.417 e. The van der Waals surface area contributed by atoms with Crippen molar-refractivity contribution in [3.05, 3.63) is 28.9 Å². The lowest BCUT2D eigenvalue weighted by atomic mass is 10.3. The fraction of sp³-hybridized carbons (Fsp3) is 0.167. The monoisotopic (exact) mass is 378 g/mol. The number of aromatic nitrogens is 3. The number of anilines is 3. The van der Waals surface area contributed by atoms with Crippen molar-refractivity contribution < 1.29 is 18.0 Å². The molecule has 0 saturated carbocycles. The van der Waals surface area contributed by atoms with E-state index in [0.29, 0.717) is 12.3 Å². The van der Waals surface area contributed by atoms with Crippen LogP contribution in [0.2, 0.25) is 5.02 Å². The molecule has 12 heteroatoms. The lowest BCUT2D eigenvalue weighted by Crippen LogP contribution is -2.16. The van der Waals surface area contributed by atoms with Gasteiger partial charge in [-0.05, 0) is 6.07 Å². The van der Waals surface area contributed by atoms with Gasteiger partial charge in [-0.2, -0.15) is 13.2 Å². The number of rotatable bonds is 4. The minimum absolute atomic E-state index is 0.137. The average Bonchev–Trinajstić information content (AvgIpc) is 2.45. The summed E-state index contributed by atoms with van der Waals surface area (Å²) in [6.45, 7) is 0. The predicted octanol–water partition coefficient (Wildman–Crippen LogP) is 2.44. The summed E-state index contributed by atoms with van der Waals surface area (Å²) in [6, 6.07) is 2.04. The van der Waals surface area contributed by atoms with Crippen LogP contribution in [-0.2, 0) is 11.0 Å². The number of amides is 1. The van der Waals surface area contributed by atoms with Gasteiger partial charge in [0.1, 0.15) is 11.6 Å². The molecule has 0 aromatic carbocycles. The molecule has 2 rings (SSSR count). The number of nitrogen functional groups attached to an aromatic ring is 2. The molecule has 128 valence electrons. The molecule has 0 spiro atoms. The standard InChI is InChI=1S/C12H10ClF3N6OS/c13-6-1-5(12(14,15)16)3-19-10(6)22-9(23)4-24-11-20-7(17)2-8(18)21-11/h1-3H,4H2,(H,19,22,23)(H4,17,18,20,21). The van der Waals surface area contributed by atoms with Crippen LogP contribution in [0.1, 0.15) is 5.56 Å². The molecule has 0 saturated heterocycles. The van der Waals surface area contributed by atoms with Gasteiger partial charge in [0.2, 0.25) is 5.91 Å². The van der Waals surface area contributed by atoms with Crippen LogP contribution >= 0.6 is 23.4 Å². The molecule has 0 fully saturated rings. The van der Waals surface area contributed by atoms with E-state index < -0.39 is 17.6 Å². The number of pyridine rings is 1. The van der Waals surface area contributed by atoms with Crippen LogP contribution in [0.5, 0.6) is 0 Å². The van der Waals surface area contributed by atoms with E-state index in [4.69, 9.17) is 23.1 Å². The molecule has 0 aliphatic rings. The lowest BCUT2D eigenvalue weighted by molar-refractivity contribution is -0.137. The van der Waals surface area contributed by atoms with Gasteiger partial charge in [-0.1, -0.05) is 23.4 Å². The highest BCUT2D eigenvalue weighted by Crippen LogP contribution is 2.32. The van der Waals surface area contributed by atoms with E-state index in [2.05, 4.69) is 20.3 Å². The number of hydrogen-bond acceptors (Lipinski definition) is 7. The van der Waals surface area contributed by atoms with Crippen LogP contribution in [-0.4, -0.2) is 26.6 Å². The molecule has 1 amide bonds. The second kappa shape index (κ2) is 7.09. The third kappa shape index (κ3) is 4.86. The number of carbonyl (C=O) groups is 1. The molecule has 0 unspecified atom stereocenters. The lowest BCUT2D eigenvalue weighted by Gasteiger charge is -2.10. The molecule has 2 aromatic rings. The molecule has 0 aliphatic heterocycles. The van der Waals surface area contributed by atoms with Gasteiger partial charge in [0.25, 0.3) is 0 Å². The summed E-state index contributed by atoms with van der Waals surface area (Å²) in [6.07, 6.45) is -3.99. The maximum atomic E-state index is 12.5. The van der Waals surface area contributed by atoms with E-state index in [-0.39, 0.29) is 33.4 Å². The third-order valence-electron chi connectivity index (χ3n) is 2.50. The Kier molecular flexibility index (Phi) is 5.34. The van der Waals surface area contributed by atoms with Gasteiger partial charge in [-0.25, -0.2) is 15.0 Å². The summed E-state index contributed by atoms with van der Waals surface area (Å²) in [5.41, 5.74) is 9.98. The van der Waals surface area contributed by atoms with Gasteiger partial charge < -0.3 is 16.8 Å². The second-order valence-electron chi connectivity index (χ2n) is 4.39. The number of thioether (sulfide) groups is 1. The zero-order valence-corrected chi connectivity index (χ0v) is 13.3. The number of halogens is 4. The quantitative estimate of drug-likeness (QED) is 0.552. The molecule has 2 aromatic heterocycles. The number of carbonyl (C=O) groups excluding carboxylic acids is 1. The zero-order chi connectivity index (χ0) is 17.9. The number of nitrogens with two attached hydrogens (primary N) is 2. The van der Waals surface area contributed by atoms with Gasteiger partial charge in [0.15, 0.2) is 11.0 Å². The minimum Gasteiger partial charge on any atom is -0.383 e. The Morgan fingerprint density at radius 2 is 1.88 bits per heavy atom. The highest BCUT2D eigenvalue weighted by atomic mass is 35.5. The SMILES string of the molecule is Nc1cc(N)nc(SCC(=O)Nc2ncc(C(F)(F)F)cc2Cl)n1. The van der Waals surface area contributed by atoms with Crippen LogP contribution in [0.15, 0.2) is 23.5 Å². The second-order valence-corrected chi connectivity index (χ2v) is 5.74. The fourth-order valence-corrected chi connectivity index (χ4v) is 2.40. The van der Waals surface area contributed by atoms with Crippen molar-refractivity contribution >= 4 is 46.7 Å². The first-order valence-corrected chi connectivity index (χ1v) is 7.57. The van der Waals surface area contributed by atoms with Crippen molar-refractivity contribution in [2.45, 2.75) is 11.3 Å². The van der Waals surface area contributed by atoms with Gasteiger partial charge in [-0.15, -0.1) is 0 Å². The first-order valence-electron chi connectivity index (χ1n) is 6.20. The molecule has 5 N–H and O–H groups in total. The molecular weight excluding hydrogens is 369 g/mol. The Hall–Kier alpha value is -2.27. The molecule has 7 nitrogen and oxygen atoms in total. The Labute approximate surface area is 143 Å². The topological polar surface area (TPSA) is 120 Å². The van der Waals surface area contributed by atoms with Crippen LogP contribution in [0.3, 0.4) is 0 Å². The molecule has 0 bridgehead atoms. The van der Waals surface area contributed by atoms with E-state index in [1.54, 1.807) is 0 Å². The van der Waals surface area contributed by atoms with E-state index in [1.165, 1.54) is 6.07 Å². The predicted molar refractivity (Wildman–Crippen MR) is 84.5 cm³/mol. The first-order chi connectivity index (χ1) is 11.1. The van der Waals surface area contributed by atoms with Crippen molar-refractivity contribution in [3.8, 4) is 0 Å². The summed E-state index contributed by atoms with van der Waals surface area (Å²) >= 11 is 6.64. The van der Waals surface area contributed by atoms with Crippen LogP contribution < -0.4 is 16.8 Å². The summed E-state index contributed by atoms with van der Waals surface area (Å²) in [4.78, 5) is 23.1. The van der Waals surface area contributed by atoms with E-state index in [9.17, 15) is 18.0 Å². The van der Waals surface area contributed by atoms with Crippen LogP contribution in [0.25, 0.3) is 0 Å². The molecule has 2 heterocycles. The smallest absolute Gasteiger partial charge is 0.383 e. The van der Waals surface area contributed by atoms with Crippen molar-refractivity contribution in [2.75, 3.05) is 22.5 Å².